The third kappa shape index (κ3) is 4.66. The van der Waals surface area contributed by atoms with E-state index in [4.69, 9.17) is 4.98 Å². The largest absolute Gasteiger partial charge is 0.342 e. The first-order valence-electron chi connectivity index (χ1n) is 12.3. The molecule has 1 aromatic heterocycles. The number of pyridine rings is 1. The highest BCUT2D eigenvalue weighted by molar-refractivity contribution is 5.99. The highest BCUT2D eigenvalue weighted by Gasteiger charge is 2.43. The van der Waals surface area contributed by atoms with Crippen LogP contribution in [-0.4, -0.2) is 67.1 Å². The molecule has 1 amide bonds. The van der Waals surface area contributed by atoms with Crippen molar-refractivity contribution >= 4 is 17.4 Å². The lowest BCUT2D eigenvalue weighted by atomic mass is 10.1. The Labute approximate surface area is 203 Å². The van der Waals surface area contributed by atoms with Crippen LogP contribution in [0.1, 0.15) is 42.1 Å². The van der Waals surface area contributed by atoms with Gasteiger partial charge in [0.2, 0.25) is 5.91 Å². The lowest BCUT2D eigenvalue weighted by Crippen LogP contribution is -2.46. The van der Waals surface area contributed by atoms with Crippen LogP contribution in [0.4, 0.5) is 11.5 Å². The Bertz CT molecular complexity index is 1090. The van der Waals surface area contributed by atoms with Crippen molar-refractivity contribution in [3.8, 4) is 6.07 Å². The molecule has 4 rings (SSSR count). The fraction of sp³-hybridized carbons (Fsp3) is 0.519. The molecule has 3 unspecified atom stereocenters. The van der Waals surface area contributed by atoms with Crippen molar-refractivity contribution in [2.45, 2.75) is 58.7 Å². The predicted molar refractivity (Wildman–Crippen MR) is 136 cm³/mol. The number of aryl methyl sites for hydroxylation is 3. The molecule has 34 heavy (non-hydrogen) atoms. The van der Waals surface area contributed by atoms with Crippen LogP contribution in [0.2, 0.25) is 0 Å². The number of aromatic nitrogens is 1. The average Bonchev–Trinajstić information content (AvgIpc) is 3.49. The molecule has 7 nitrogen and oxygen atoms in total. The number of hydrogen-bond acceptors (Lipinski definition) is 6. The van der Waals surface area contributed by atoms with E-state index >= 15 is 0 Å². The van der Waals surface area contributed by atoms with Gasteiger partial charge in [-0.15, -0.1) is 0 Å². The summed E-state index contributed by atoms with van der Waals surface area (Å²) in [5.41, 5.74) is 4.37. The number of amides is 1. The van der Waals surface area contributed by atoms with E-state index in [-0.39, 0.29) is 18.0 Å². The van der Waals surface area contributed by atoms with Gasteiger partial charge in [0.05, 0.1) is 5.56 Å². The summed E-state index contributed by atoms with van der Waals surface area (Å²) in [6.07, 6.45) is 1.83. The molecule has 0 spiro atoms. The summed E-state index contributed by atoms with van der Waals surface area (Å²) in [4.78, 5) is 25.3. The molecule has 2 aliphatic rings. The molecule has 2 saturated heterocycles. The number of nitriles is 1. The topological polar surface area (TPSA) is 75.5 Å². The Morgan fingerprint density at radius 1 is 1.26 bits per heavy atom. The van der Waals surface area contributed by atoms with E-state index in [1.165, 1.54) is 0 Å². The molecule has 7 heteroatoms. The Morgan fingerprint density at radius 3 is 2.71 bits per heavy atom. The minimum Gasteiger partial charge on any atom is -0.342 e. The maximum atomic E-state index is 14.1. The first-order chi connectivity index (χ1) is 16.3. The molecule has 2 aromatic rings. The molecule has 0 bridgehead atoms. The molecule has 2 fully saturated rings. The van der Waals surface area contributed by atoms with Crippen molar-refractivity contribution in [1.82, 2.24) is 15.2 Å². The molecule has 0 aliphatic carbocycles. The van der Waals surface area contributed by atoms with Crippen molar-refractivity contribution < 1.29 is 4.79 Å². The fourth-order valence-corrected chi connectivity index (χ4v) is 5.47. The highest BCUT2D eigenvalue weighted by atomic mass is 16.2. The van der Waals surface area contributed by atoms with Crippen LogP contribution >= 0.6 is 0 Å². The number of rotatable bonds is 6. The van der Waals surface area contributed by atoms with Crippen molar-refractivity contribution in [3.63, 3.8) is 0 Å². The molecular weight excluding hydrogens is 424 g/mol. The van der Waals surface area contributed by atoms with Crippen LogP contribution in [0, 0.1) is 32.1 Å². The lowest BCUT2D eigenvalue weighted by molar-refractivity contribution is -0.119. The molecule has 2 aliphatic heterocycles. The van der Waals surface area contributed by atoms with E-state index in [2.05, 4.69) is 34.3 Å². The highest BCUT2D eigenvalue weighted by Crippen LogP contribution is 2.33. The van der Waals surface area contributed by atoms with Crippen LogP contribution in [-0.2, 0) is 4.79 Å². The Kier molecular flexibility index (Phi) is 7.20. The van der Waals surface area contributed by atoms with Gasteiger partial charge < -0.3 is 15.1 Å². The van der Waals surface area contributed by atoms with Crippen molar-refractivity contribution in [2.24, 2.45) is 0 Å². The zero-order valence-electron chi connectivity index (χ0n) is 21.0. The first kappa shape index (κ1) is 24.2. The number of anilines is 2. The third-order valence-electron chi connectivity index (χ3n) is 7.36. The monoisotopic (exact) mass is 460 g/mol. The van der Waals surface area contributed by atoms with Crippen molar-refractivity contribution in [3.05, 3.63) is 52.7 Å². The summed E-state index contributed by atoms with van der Waals surface area (Å²) in [6.45, 7) is 11.2. The number of likely N-dealkylation sites (N-methyl/N-ethyl adjacent to an activating group) is 2. The number of carbonyl (C=O) groups excluding carboxylic acids is 1. The molecule has 1 aromatic carbocycles. The number of carbonyl (C=O) groups is 1. The normalized spacial score (nSPS) is 22.3. The van der Waals surface area contributed by atoms with Gasteiger partial charge in [-0.1, -0.05) is 12.1 Å². The van der Waals surface area contributed by atoms with Crippen molar-refractivity contribution in [2.75, 3.05) is 43.0 Å². The number of nitrogens with one attached hydrogen (secondary N) is 1. The molecule has 1 N–H and O–H groups in total. The second kappa shape index (κ2) is 10.1. The second-order valence-electron chi connectivity index (χ2n) is 9.68. The van der Waals surface area contributed by atoms with Gasteiger partial charge in [-0.05, 0) is 83.5 Å². The summed E-state index contributed by atoms with van der Waals surface area (Å²) >= 11 is 0. The molecule has 180 valence electrons. The van der Waals surface area contributed by atoms with Crippen LogP contribution in [0.25, 0.3) is 0 Å². The van der Waals surface area contributed by atoms with Gasteiger partial charge in [0.1, 0.15) is 17.9 Å². The zero-order valence-corrected chi connectivity index (χ0v) is 21.0. The minimum absolute atomic E-state index is 0.0680. The Balaban J connectivity index is 1.73. The van der Waals surface area contributed by atoms with Crippen LogP contribution in [0.3, 0.4) is 0 Å². The lowest BCUT2D eigenvalue weighted by Gasteiger charge is -2.31. The predicted octanol–water partition coefficient (Wildman–Crippen LogP) is 3.17. The van der Waals surface area contributed by atoms with Gasteiger partial charge >= 0.3 is 0 Å². The quantitative estimate of drug-likeness (QED) is 0.714. The van der Waals surface area contributed by atoms with Gasteiger partial charge in [-0.2, -0.15) is 5.26 Å². The van der Waals surface area contributed by atoms with Gasteiger partial charge in [0.15, 0.2) is 0 Å². The summed E-state index contributed by atoms with van der Waals surface area (Å²) in [6, 6.07) is 12.7. The Morgan fingerprint density at radius 2 is 2.06 bits per heavy atom. The third-order valence-corrected chi connectivity index (χ3v) is 7.36. The summed E-state index contributed by atoms with van der Waals surface area (Å²) in [5.74, 6) is 0.706. The maximum Gasteiger partial charge on any atom is 0.249 e. The number of benzene rings is 1. The van der Waals surface area contributed by atoms with Gasteiger partial charge in [0.25, 0.3) is 0 Å². The molecule has 3 atom stereocenters. The van der Waals surface area contributed by atoms with Gasteiger partial charge in [-0.3, -0.25) is 9.69 Å². The average molecular weight is 461 g/mol. The molecule has 0 radical (unpaired) electrons. The van der Waals surface area contributed by atoms with E-state index < -0.39 is 0 Å². The standard InChI is InChI=1S/C27H36N6O/c1-6-32(21-9-7-8-18(2)12-21)27(34)25-14-23(31(5)22-10-11-29-16-22)17-33(25)26-24(15-28)19(3)13-20(4)30-26/h7-9,12-13,22-23,25,29H,6,10-11,14,16-17H2,1-5H3. The SMILES string of the molecule is CCN(C(=O)C1CC(N(C)C2CCNC2)CN1c1nc(C)cc(C)c1C#N)c1cccc(C)c1. The van der Waals surface area contributed by atoms with Crippen molar-refractivity contribution in [1.29, 1.82) is 5.26 Å². The minimum atomic E-state index is -0.372. The molecule has 3 heterocycles. The number of hydrogen-bond donors (Lipinski definition) is 1. The zero-order chi connectivity index (χ0) is 24.4. The Hall–Kier alpha value is -2.95. The van der Waals surface area contributed by atoms with E-state index in [1.54, 1.807) is 0 Å². The van der Waals surface area contributed by atoms with Gasteiger partial charge in [-0.25, -0.2) is 4.98 Å². The smallest absolute Gasteiger partial charge is 0.249 e. The van der Waals surface area contributed by atoms with Crippen LogP contribution in [0.15, 0.2) is 30.3 Å². The van der Waals surface area contributed by atoms with E-state index in [0.29, 0.717) is 36.9 Å². The molecule has 0 saturated carbocycles. The van der Waals surface area contributed by atoms with Crippen LogP contribution in [0.5, 0.6) is 0 Å². The van der Waals surface area contributed by atoms with E-state index in [0.717, 1.165) is 42.0 Å². The van der Waals surface area contributed by atoms with Gasteiger partial charge in [0, 0.05) is 43.1 Å². The first-order valence-corrected chi connectivity index (χ1v) is 12.3. The van der Waals surface area contributed by atoms with E-state index in [9.17, 15) is 10.1 Å². The second-order valence-corrected chi connectivity index (χ2v) is 9.68. The van der Waals surface area contributed by atoms with Crippen LogP contribution < -0.4 is 15.1 Å². The molecular formula is C27H36N6O. The summed E-state index contributed by atoms with van der Waals surface area (Å²) < 4.78 is 0. The fourth-order valence-electron chi connectivity index (χ4n) is 5.47. The number of nitrogens with zero attached hydrogens (tertiary/aromatic N) is 5. The summed E-state index contributed by atoms with van der Waals surface area (Å²) in [5, 5.41) is 13.4. The maximum absolute atomic E-state index is 14.1. The van der Waals surface area contributed by atoms with E-state index in [1.807, 2.05) is 56.9 Å². The summed E-state index contributed by atoms with van der Waals surface area (Å²) in [7, 11) is 2.17.